The minimum atomic E-state index is -0.662. The van der Waals surface area contributed by atoms with E-state index in [4.69, 9.17) is 0 Å². The van der Waals surface area contributed by atoms with Gasteiger partial charge in [-0.3, -0.25) is 14.3 Å². The maximum atomic E-state index is 13.6. The zero-order valence-electron chi connectivity index (χ0n) is 16.8. The first-order valence-electron chi connectivity index (χ1n) is 10.2. The Morgan fingerprint density at radius 3 is 2.33 bits per heavy atom. The highest BCUT2D eigenvalue weighted by Gasteiger charge is 2.44. The number of hydrogen-bond acceptors (Lipinski definition) is 4. The number of benzene rings is 1. The number of carbonyl (C=O) groups excluding carboxylic acids is 2. The van der Waals surface area contributed by atoms with Crippen LogP contribution in [0.4, 0.5) is 4.39 Å². The van der Waals surface area contributed by atoms with Crippen LogP contribution in [0.3, 0.4) is 0 Å². The Bertz CT molecular complexity index is 853. The van der Waals surface area contributed by atoms with Gasteiger partial charge < -0.3 is 15.1 Å². The van der Waals surface area contributed by atoms with Crippen molar-refractivity contribution >= 4 is 24.2 Å². The normalized spacial score (nSPS) is 19.0. The highest BCUT2D eigenvalue weighted by Crippen LogP contribution is 2.30. The molecule has 2 aliphatic heterocycles. The van der Waals surface area contributed by atoms with E-state index in [1.54, 1.807) is 11.1 Å². The second-order valence-corrected chi connectivity index (χ2v) is 7.68. The van der Waals surface area contributed by atoms with Gasteiger partial charge in [0.1, 0.15) is 11.4 Å². The molecule has 0 atom stereocenters. The molecule has 1 aromatic carbocycles. The predicted octanol–water partition coefficient (Wildman–Crippen LogP) is 1.90. The summed E-state index contributed by atoms with van der Waals surface area (Å²) in [7, 11) is 0. The van der Waals surface area contributed by atoms with Gasteiger partial charge in [0.2, 0.25) is 0 Å². The lowest BCUT2D eigenvalue weighted by molar-refractivity contribution is -0.143. The summed E-state index contributed by atoms with van der Waals surface area (Å²) in [5.41, 5.74) is -0.192. The summed E-state index contributed by atoms with van der Waals surface area (Å²) in [4.78, 5) is 30.0. The van der Waals surface area contributed by atoms with Crippen molar-refractivity contribution in [2.24, 2.45) is 0 Å². The molecule has 0 spiro atoms. The molecular weight excluding hydrogens is 409 g/mol. The first-order chi connectivity index (χ1) is 14.1. The number of aromatic nitrogens is 2. The average molecular weight is 436 g/mol. The summed E-state index contributed by atoms with van der Waals surface area (Å²) in [6, 6.07) is 7.46. The average Bonchev–Trinajstić information content (AvgIpc) is 3.19. The molecule has 4 rings (SSSR count). The molecule has 0 aliphatic carbocycles. The number of halogens is 2. The lowest BCUT2D eigenvalue weighted by Crippen LogP contribution is -2.56. The van der Waals surface area contributed by atoms with Gasteiger partial charge in [0.05, 0.1) is 0 Å². The van der Waals surface area contributed by atoms with Crippen LogP contribution >= 0.6 is 12.4 Å². The Hall–Kier alpha value is -2.45. The van der Waals surface area contributed by atoms with E-state index in [1.165, 1.54) is 24.3 Å². The first kappa shape index (κ1) is 22.2. The van der Waals surface area contributed by atoms with Crippen LogP contribution in [0, 0.1) is 5.82 Å². The standard InChI is InChI=1S/C21H26FN5O2.ClH/c22-18-5-3-17(4-6-18)19(28)25-12-2-13-26(16-15-25)20(29)21(7-10-23-11-8-21)27-14-1-9-24-27;/h1,3-6,9,14,23H,2,7-8,10-13,15-16H2;1H. The van der Waals surface area contributed by atoms with E-state index in [0.717, 1.165) is 13.1 Å². The number of rotatable bonds is 3. The molecule has 0 bridgehead atoms. The van der Waals surface area contributed by atoms with Crippen LogP contribution in [0.2, 0.25) is 0 Å². The molecule has 7 nitrogen and oxygen atoms in total. The monoisotopic (exact) mass is 435 g/mol. The summed E-state index contributed by atoms with van der Waals surface area (Å²) >= 11 is 0. The fraction of sp³-hybridized carbons (Fsp3) is 0.476. The SMILES string of the molecule is Cl.O=C(c1ccc(F)cc1)N1CCCN(C(=O)C2(n3cccn3)CCNCC2)CC1. The summed E-state index contributed by atoms with van der Waals surface area (Å²) in [6.45, 7) is 3.69. The van der Waals surface area contributed by atoms with Crippen LogP contribution in [-0.2, 0) is 10.3 Å². The Morgan fingerprint density at radius 2 is 1.67 bits per heavy atom. The Morgan fingerprint density at radius 1 is 1.00 bits per heavy atom. The molecule has 162 valence electrons. The quantitative estimate of drug-likeness (QED) is 0.799. The minimum Gasteiger partial charge on any atom is -0.339 e. The highest BCUT2D eigenvalue weighted by atomic mass is 35.5. The molecular formula is C21H27ClFN5O2. The zero-order valence-corrected chi connectivity index (χ0v) is 17.6. The van der Waals surface area contributed by atoms with E-state index in [9.17, 15) is 14.0 Å². The minimum absolute atomic E-state index is 0. The molecule has 1 aromatic heterocycles. The van der Waals surface area contributed by atoms with Crippen LogP contribution in [0.5, 0.6) is 0 Å². The highest BCUT2D eigenvalue weighted by molar-refractivity contribution is 5.94. The lowest BCUT2D eigenvalue weighted by Gasteiger charge is -2.40. The summed E-state index contributed by atoms with van der Waals surface area (Å²) in [5, 5.41) is 7.71. The number of piperidine rings is 1. The van der Waals surface area contributed by atoms with Gasteiger partial charge in [0.25, 0.3) is 11.8 Å². The van der Waals surface area contributed by atoms with Gasteiger partial charge in [-0.2, -0.15) is 5.10 Å². The van der Waals surface area contributed by atoms with E-state index in [0.29, 0.717) is 51.0 Å². The molecule has 9 heteroatoms. The van der Waals surface area contributed by atoms with Crippen LogP contribution < -0.4 is 5.32 Å². The molecule has 2 aromatic rings. The number of nitrogens with one attached hydrogen (secondary N) is 1. The van der Waals surface area contributed by atoms with Crippen molar-refractivity contribution in [3.05, 3.63) is 54.1 Å². The van der Waals surface area contributed by atoms with E-state index in [1.807, 2.05) is 21.8 Å². The Labute approximate surface area is 181 Å². The van der Waals surface area contributed by atoms with Crippen molar-refractivity contribution in [2.75, 3.05) is 39.3 Å². The molecule has 0 saturated carbocycles. The third kappa shape index (κ3) is 4.34. The number of carbonyl (C=O) groups is 2. The van der Waals surface area contributed by atoms with Gasteiger partial charge in [-0.05, 0) is 62.7 Å². The largest absolute Gasteiger partial charge is 0.339 e. The summed E-state index contributed by atoms with van der Waals surface area (Å²) in [5.74, 6) is -0.401. The molecule has 2 aliphatic rings. The number of nitrogens with zero attached hydrogens (tertiary/aromatic N) is 4. The molecule has 3 heterocycles. The molecule has 2 amide bonds. The zero-order chi connectivity index (χ0) is 20.3. The molecule has 0 unspecified atom stereocenters. The maximum absolute atomic E-state index is 13.6. The number of amides is 2. The lowest BCUT2D eigenvalue weighted by atomic mass is 9.86. The van der Waals surface area contributed by atoms with Gasteiger partial charge in [0.15, 0.2) is 0 Å². The fourth-order valence-electron chi connectivity index (χ4n) is 4.30. The second-order valence-electron chi connectivity index (χ2n) is 7.68. The summed E-state index contributed by atoms with van der Waals surface area (Å²) < 4.78 is 15.0. The van der Waals surface area contributed by atoms with Crippen LogP contribution in [0.15, 0.2) is 42.7 Å². The second kappa shape index (κ2) is 9.57. The Kier molecular flexibility index (Phi) is 7.10. The third-order valence-electron chi connectivity index (χ3n) is 5.93. The van der Waals surface area contributed by atoms with Crippen LogP contribution in [0.25, 0.3) is 0 Å². The van der Waals surface area contributed by atoms with Gasteiger partial charge in [-0.15, -0.1) is 12.4 Å². The van der Waals surface area contributed by atoms with Crippen LogP contribution in [-0.4, -0.2) is 70.7 Å². The molecule has 2 saturated heterocycles. The Balaban J connectivity index is 0.00000256. The van der Waals surface area contributed by atoms with E-state index in [-0.39, 0.29) is 30.0 Å². The third-order valence-corrected chi connectivity index (χ3v) is 5.93. The molecule has 0 radical (unpaired) electrons. The van der Waals surface area contributed by atoms with Crippen molar-refractivity contribution < 1.29 is 14.0 Å². The van der Waals surface area contributed by atoms with Crippen molar-refractivity contribution in [3.63, 3.8) is 0 Å². The van der Waals surface area contributed by atoms with Crippen molar-refractivity contribution in [3.8, 4) is 0 Å². The summed E-state index contributed by atoms with van der Waals surface area (Å²) in [6.07, 6.45) is 5.69. The maximum Gasteiger partial charge on any atom is 0.253 e. The van der Waals surface area contributed by atoms with E-state index < -0.39 is 5.54 Å². The fourth-order valence-corrected chi connectivity index (χ4v) is 4.30. The topological polar surface area (TPSA) is 70.5 Å². The van der Waals surface area contributed by atoms with Gasteiger partial charge in [0, 0.05) is 44.1 Å². The van der Waals surface area contributed by atoms with Crippen molar-refractivity contribution in [1.29, 1.82) is 0 Å². The molecule has 2 fully saturated rings. The van der Waals surface area contributed by atoms with Crippen LogP contribution in [0.1, 0.15) is 29.6 Å². The smallest absolute Gasteiger partial charge is 0.253 e. The van der Waals surface area contributed by atoms with Gasteiger partial charge in [-0.25, -0.2) is 4.39 Å². The number of hydrogen-bond donors (Lipinski definition) is 1. The van der Waals surface area contributed by atoms with Crippen molar-refractivity contribution in [1.82, 2.24) is 24.9 Å². The van der Waals surface area contributed by atoms with E-state index in [2.05, 4.69) is 10.4 Å². The van der Waals surface area contributed by atoms with E-state index >= 15 is 0 Å². The predicted molar refractivity (Wildman–Crippen MR) is 113 cm³/mol. The molecule has 30 heavy (non-hydrogen) atoms. The first-order valence-corrected chi connectivity index (χ1v) is 10.2. The van der Waals surface area contributed by atoms with Gasteiger partial charge in [-0.1, -0.05) is 0 Å². The van der Waals surface area contributed by atoms with Crippen molar-refractivity contribution in [2.45, 2.75) is 24.8 Å². The van der Waals surface area contributed by atoms with Gasteiger partial charge >= 0.3 is 0 Å². The molecule has 1 N–H and O–H groups in total.